The Bertz CT molecular complexity index is 972. The Hall–Kier alpha value is -2.71. The Morgan fingerprint density at radius 3 is 2.36 bits per heavy atom. The smallest absolute Gasteiger partial charge is 0.234 e. The molecule has 1 amide bonds. The van der Waals surface area contributed by atoms with Crippen LogP contribution in [0.25, 0.3) is 0 Å². The number of aryl methyl sites for hydroxylation is 2. The van der Waals surface area contributed by atoms with Crippen molar-refractivity contribution in [3.63, 3.8) is 0 Å². The number of hydrogen-bond acceptors (Lipinski definition) is 7. The lowest BCUT2D eigenvalue weighted by Gasteiger charge is -2.09. The van der Waals surface area contributed by atoms with Crippen LogP contribution in [0.1, 0.15) is 11.1 Å². The molecule has 6 nitrogen and oxygen atoms in total. The third-order valence-corrected chi connectivity index (χ3v) is 5.80. The Kier molecular flexibility index (Phi) is 6.43. The van der Waals surface area contributed by atoms with Crippen LogP contribution in [-0.2, 0) is 4.79 Å². The summed E-state index contributed by atoms with van der Waals surface area (Å²) in [6, 6.07) is 15.7. The van der Waals surface area contributed by atoms with Crippen LogP contribution >= 0.6 is 23.5 Å². The molecule has 5 N–H and O–H groups in total. The highest BCUT2D eigenvalue weighted by Crippen LogP contribution is 2.31. The molecule has 3 rings (SSSR count). The van der Waals surface area contributed by atoms with E-state index in [1.807, 2.05) is 24.3 Å². The number of aromatic nitrogens is 2. The number of carbonyl (C=O) groups excluding carboxylic acids is 1. The zero-order chi connectivity index (χ0) is 20.1. The lowest BCUT2D eigenvalue weighted by atomic mass is 10.2. The van der Waals surface area contributed by atoms with Crippen LogP contribution in [0.4, 0.5) is 17.3 Å². The minimum atomic E-state index is -0.149. The first kappa shape index (κ1) is 20.0. The largest absolute Gasteiger partial charge is 0.383 e. The first-order valence-corrected chi connectivity index (χ1v) is 10.4. The van der Waals surface area contributed by atoms with Gasteiger partial charge in [-0.25, -0.2) is 9.97 Å². The van der Waals surface area contributed by atoms with E-state index in [1.165, 1.54) is 33.9 Å². The van der Waals surface area contributed by atoms with Gasteiger partial charge in [0.2, 0.25) is 5.91 Å². The number of nitrogen functional groups attached to an aromatic ring is 2. The molecule has 0 bridgehead atoms. The van der Waals surface area contributed by atoms with Crippen LogP contribution in [0, 0.1) is 13.8 Å². The zero-order valence-electron chi connectivity index (χ0n) is 15.6. The molecule has 0 aliphatic heterocycles. The molecule has 2 aromatic carbocycles. The van der Waals surface area contributed by atoms with Crippen molar-refractivity contribution in [3.8, 4) is 0 Å². The summed E-state index contributed by atoms with van der Waals surface area (Å²) >= 11 is 2.89. The van der Waals surface area contributed by atoms with Crippen molar-refractivity contribution in [3.05, 3.63) is 59.7 Å². The number of nitrogens with one attached hydrogen (secondary N) is 1. The molecular weight excluding hydrogens is 390 g/mol. The Balaban J connectivity index is 1.56. The van der Waals surface area contributed by atoms with E-state index in [2.05, 4.69) is 47.3 Å². The summed E-state index contributed by atoms with van der Waals surface area (Å²) in [6.45, 7) is 4.19. The molecule has 0 saturated carbocycles. The van der Waals surface area contributed by atoms with Crippen LogP contribution in [0.2, 0.25) is 0 Å². The van der Waals surface area contributed by atoms with Crippen LogP contribution < -0.4 is 16.8 Å². The molecule has 28 heavy (non-hydrogen) atoms. The van der Waals surface area contributed by atoms with E-state index < -0.39 is 0 Å². The van der Waals surface area contributed by atoms with Crippen LogP contribution in [0.5, 0.6) is 0 Å². The van der Waals surface area contributed by atoms with Crippen molar-refractivity contribution in [2.45, 2.75) is 28.8 Å². The van der Waals surface area contributed by atoms with Gasteiger partial charge in [0.25, 0.3) is 0 Å². The summed E-state index contributed by atoms with van der Waals surface area (Å²) in [7, 11) is 0. The van der Waals surface area contributed by atoms with Gasteiger partial charge in [0, 0.05) is 21.5 Å². The van der Waals surface area contributed by atoms with E-state index in [1.54, 1.807) is 11.8 Å². The van der Waals surface area contributed by atoms with Crippen molar-refractivity contribution >= 4 is 46.8 Å². The average Bonchev–Trinajstić information content (AvgIpc) is 2.64. The fourth-order valence-corrected chi connectivity index (χ4v) is 4.08. The van der Waals surface area contributed by atoms with E-state index in [4.69, 9.17) is 11.5 Å². The maximum absolute atomic E-state index is 12.2. The number of carbonyl (C=O) groups is 1. The summed E-state index contributed by atoms with van der Waals surface area (Å²) in [5.41, 5.74) is 14.5. The molecule has 8 heteroatoms. The highest BCUT2D eigenvalue weighted by atomic mass is 32.2. The Labute approximate surface area is 172 Å². The van der Waals surface area contributed by atoms with Crippen molar-refractivity contribution in [2.24, 2.45) is 0 Å². The maximum Gasteiger partial charge on any atom is 0.234 e. The highest BCUT2D eigenvalue weighted by Gasteiger charge is 2.08. The molecule has 3 aromatic rings. The molecule has 0 aliphatic rings. The van der Waals surface area contributed by atoms with Crippen molar-refractivity contribution in [1.82, 2.24) is 9.97 Å². The van der Waals surface area contributed by atoms with Crippen LogP contribution in [0.3, 0.4) is 0 Å². The molecule has 0 saturated heterocycles. The molecule has 1 aromatic heterocycles. The molecular formula is C20H21N5OS2. The fraction of sp³-hybridized carbons (Fsp3) is 0.150. The normalized spacial score (nSPS) is 10.6. The van der Waals surface area contributed by atoms with E-state index in [0.717, 1.165) is 10.6 Å². The van der Waals surface area contributed by atoms with Gasteiger partial charge in [-0.3, -0.25) is 4.79 Å². The number of benzene rings is 2. The number of thioether (sulfide) groups is 1. The SMILES string of the molecule is Cc1ccc(C)c(Sc2ccc(NC(=O)CSc3nc(N)cc(N)n3)cc2)c1. The number of amides is 1. The van der Waals surface area contributed by atoms with Gasteiger partial charge in [-0.15, -0.1) is 0 Å². The lowest BCUT2D eigenvalue weighted by molar-refractivity contribution is -0.113. The molecule has 0 radical (unpaired) electrons. The van der Waals surface area contributed by atoms with Gasteiger partial charge >= 0.3 is 0 Å². The molecule has 0 fully saturated rings. The fourth-order valence-electron chi connectivity index (χ4n) is 2.40. The minimum absolute atomic E-state index is 0.149. The van der Waals surface area contributed by atoms with Gasteiger partial charge in [0.05, 0.1) is 5.75 Å². The quantitative estimate of drug-likeness (QED) is 0.413. The lowest BCUT2D eigenvalue weighted by Crippen LogP contribution is -2.14. The van der Waals surface area contributed by atoms with Crippen LogP contribution in [-0.4, -0.2) is 21.6 Å². The summed E-state index contributed by atoms with van der Waals surface area (Å²) in [5.74, 6) is 0.589. The summed E-state index contributed by atoms with van der Waals surface area (Å²) in [5, 5.41) is 3.25. The van der Waals surface area contributed by atoms with E-state index in [9.17, 15) is 4.79 Å². The molecule has 144 valence electrons. The van der Waals surface area contributed by atoms with Crippen LogP contribution in [0.15, 0.2) is 63.5 Å². The molecule has 0 atom stereocenters. The second-order valence-corrected chi connectivity index (χ2v) is 8.29. The number of hydrogen-bond donors (Lipinski definition) is 3. The van der Waals surface area contributed by atoms with Crippen molar-refractivity contribution in [1.29, 1.82) is 0 Å². The number of nitrogens with zero attached hydrogens (tertiary/aromatic N) is 2. The van der Waals surface area contributed by atoms with Gasteiger partial charge in [0.15, 0.2) is 5.16 Å². The number of anilines is 3. The van der Waals surface area contributed by atoms with E-state index in [-0.39, 0.29) is 23.3 Å². The summed E-state index contributed by atoms with van der Waals surface area (Å²) in [6.07, 6.45) is 0. The first-order valence-electron chi connectivity index (χ1n) is 8.57. The molecule has 0 spiro atoms. The van der Waals surface area contributed by atoms with E-state index in [0.29, 0.717) is 5.16 Å². The summed E-state index contributed by atoms with van der Waals surface area (Å²) in [4.78, 5) is 22.6. The number of nitrogens with two attached hydrogens (primary N) is 2. The molecule has 0 unspecified atom stereocenters. The minimum Gasteiger partial charge on any atom is -0.383 e. The molecule has 0 aliphatic carbocycles. The second-order valence-electron chi connectivity index (χ2n) is 6.23. The average molecular weight is 412 g/mol. The number of rotatable bonds is 6. The predicted molar refractivity (Wildman–Crippen MR) is 117 cm³/mol. The Morgan fingerprint density at radius 2 is 1.68 bits per heavy atom. The Morgan fingerprint density at radius 1 is 1.00 bits per heavy atom. The monoisotopic (exact) mass is 411 g/mol. The van der Waals surface area contributed by atoms with Crippen molar-refractivity contribution in [2.75, 3.05) is 22.5 Å². The molecule has 1 heterocycles. The topological polar surface area (TPSA) is 107 Å². The van der Waals surface area contributed by atoms with Gasteiger partial charge in [-0.05, 0) is 55.3 Å². The standard InChI is InChI=1S/C20H21N5OS2/c1-12-3-4-13(2)16(9-12)28-15-7-5-14(6-8-15)23-19(26)11-27-20-24-17(21)10-18(22)25-20/h3-10H,11H2,1-2H3,(H,23,26)(H4,21,22,24,25). The van der Waals surface area contributed by atoms with Gasteiger partial charge < -0.3 is 16.8 Å². The highest BCUT2D eigenvalue weighted by molar-refractivity contribution is 7.99. The maximum atomic E-state index is 12.2. The predicted octanol–water partition coefficient (Wildman–Crippen LogP) is 4.14. The van der Waals surface area contributed by atoms with Gasteiger partial charge in [-0.1, -0.05) is 35.7 Å². The second kappa shape index (κ2) is 8.99. The van der Waals surface area contributed by atoms with Gasteiger partial charge in [0.1, 0.15) is 11.6 Å². The first-order chi connectivity index (χ1) is 13.4. The third-order valence-electron chi connectivity index (χ3n) is 3.79. The van der Waals surface area contributed by atoms with Crippen molar-refractivity contribution < 1.29 is 4.79 Å². The zero-order valence-corrected chi connectivity index (χ0v) is 17.2. The summed E-state index contributed by atoms with van der Waals surface area (Å²) < 4.78 is 0. The van der Waals surface area contributed by atoms with E-state index >= 15 is 0 Å². The van der Waals surface area contributed by atoms with Gasteiger partial charge in [-0.2, -0.15) is 0 Å². The third kappa shape index (κ3) is 5.64.